The average molecular weight is 328 g/mol. The quantitative estimate of drug-likeness (QED) is 0.881. The van der Waals surface area contributed by atoms with E-state index in [2.05, 4.69) is 43.2 Å². The lowest BCUT2D eigenvalue weighted by atomic mass is 9.98. The third-order valence-electron chi connectivity index (χ3n) is 5.04. The van der Waals surface area contributed by atoms with Crippen molar-refractivity contribution in [2.24, 2.45) is 5.92 Å². The molecule has 0 radical (unpaired) electrons. The van der Waals surface area contributed by atoms with E-state index in [0.29, 0.717) is 12.3 Å². The highest BCUT2D eigenvalue weighted by atomic mass is 16.5. The number of nitrogens with one attached hydrogen (secondary N) is 2. The SMILES string of the molecule is Cc1cc(C)c2[nH]c(C)c(CC(=O)NCC[C@H]3CCCOC3)c2c1. The normalized spacial score (nSPS) is 18.0. The van der Waals surface area contributed by atoms with Crippen LogP contribution in [0.1, 0.15) is 41.6 Å². The summed E-state index contributed by atoms with van der Waals surface area (Å²) < 4.78 is 5.49. The summed E-state index contributed by atoms with van der Waals surface area (Å²) in [5, 5.41) is 4.26. The molecule has 130 valence electrons. The summed E-state index contributed by atoms with van der Waals surface area (Å²) in [6, 6.07) is 4.35. The van der Waals surface area contributed by atoms with Gasteiger partial charge in [-0.2, -0.15) is 0 Å². The molecule has 0 aliphatic carbocycles. The second kappa shape index (κ2) is 7.39. The van der Waals surface area contributed by atoms with Gasteiger partial charge in [-0.25, -0.2) is 0 Å². The standard InChI is InChI=1S/C20H28N2O2/c1-13-9-14(2)20-18(10-13)17(15(3)22-20)11-19(23)21-7-6-16-5-4-8-24-12-16/h9-10,16,22H,4-8,11-12H2,1-3H3,(H,21,23)/t16-/m1/s1. The number of carbonyl (C=O) groups is 1. The van der Waals surface area contributed by atoms with E-state index in [1.165, 1.54) is 22.9 Å². The maximum absolute atomic E-state index is 12.4. The van der Waals surface area contributed by atoms with Crippen molar-refractivity contribution >= 4 is 16.8 Å². The minimum absolute atomic E-state index is 0.106. The van der Waals surface area contributed by atoms with E-state index in [1.807, 2.05) is 0 Å². The number of ether oxygens (including phenoxy) is 1. The number of aromatic amines is 1. The Morgan fingerprint density at radius 2 is 2.17 bits per heavy atom. The number of carbonyl (C=O) groups excluding carboxylic acids is 1. The van der Waals surface area contributed by atoms with Gasteiger partial charge in [0, 0.05) is 36.4 Å². The van der Waals surface area contributed by atoms with Crippen molar-refractivity contribution in [2.45, 2.75) is 46.5 Å². The van der Waals surface area contributed by atoms with Gasteiger partial charge in [-0.3, -0.25) is 4.79 Å². The molecule has 1 aromatic carbocycles. The summed E-state index contributed by atoms with van der Waals surface area (Å²) in [5.41, 5.74) is 5.83. The van der Waals surface area contributed by atoms with Crippen molar-refractivity contribution in [1.82, 2.24) is 10.3 Å². The molecule has 1 atom stereocenters. The fraction of sp³-hybridized carbons (Fsp3) is 0.550. The second-order valence-corrected chi connectivity index (χ2v) is 7.13. The van der Waals surface area contributed by atoms with E-state index in [9.17, 15) is 4.79 Å². The van der Waals surface area contributed by atoms with Crippen molar-refractivity contribution in [1.29, 1.82) is 0 Å². The summed E-state index contributed by atoms with van der Waals surface area (Å²) in [5.74, 6) is 0.703. The largest absolute Gasteiger partial charge is 0.381 e. The molecule has 3 rings (SSSR count). The van der Waals surface area contributed by atoms with Gasteiger partial charge in [0.05, 0.1) is 6.42 Å². The molecule has 1 aliphatic heterocycles. The number of H-pyrrole nitrogens is 1. The summed E-state index contributed by atoms with van der Waals surface area (Å²) in [6.45, 7) is 8.74. The Morgan fingerprint density at radius 1 is 1.33 bits per heavy atom. The molecule has 2 N–H and O–H groups in total. The smallest absolute Gasteiger partial charge is 0.224 e. The number of aryl methyl sites for hydroxylation is 3. The minimum atomic E-state index is 0.106. The number of hydrogen-bond donors (Lipinski definition) is 2. The molecule has 1 aliphatic rings. The third kappa shape index (κ3) is 3.81. The van der Waals surface area contributed by atoms with Crippen LogP contribution in [-0.4, -0.2) is 30.6 Å². The van der Waals surface area contributed by atoms with E-state index in [-0.39, 0.29) is 5.91 Å². The number of rotatable bonds is 5. The minimum Gasteiger partial charge on any atom is -0.381 e. The second-order valence-electron chi connectivity index (χ2n) is 7.13. The van der Waals surface area contributed by atoms with Crippen LogP contribution in [0.5, 0.6) is 0 Å². The Bertz CT molecular complexity index is 727. The molecule has 2 heterocycles. The first kappa shape index (κ1) is 17.0. The number of fused-ring (bicyclic) bond motifs is 1. The van der Waals surface area contributed by atoms with Gasteiger partial charge in [0.15, 0.2) is 0 Å². The molecule has 1 aromatic heterocycles. The van der Waals surface area contributed by atoms with Crippen LogP contribution in [0.2, 0.25) is 0 Å². The van der Waals surface area contributed by atoms with Crippen LogP contribution in [0, 0.1) is 26.7 Å². The van der Waals surface area contributed by atoms with Gasteiger partial charge in [0.25, 0.3) is 0 Å². The van der Waals surface area contributed by atoms with Crippen LogP contribution >= 0.6 is 0 Å². The Labute approximate surface area is 144 Å². The molecular weight excluding hydrogens is 300 g/mol. The molecule has 4 nitrogen and oxygen atoms in total. The zero-order chi connectivity index (χ0) is 17.1. The molecule has 0 unspecified atom stereocenters. The molecule has 0 spiro atoms. The number of benzene rings is 1. The molecule has 0 bridgehead atoms. The highest BCUT2D eigenvalue weighted by Gasteiger charge is 2.16. The highest BCUT2D eigenvalue weighted by molar-refractivity contribution is 5.92. The molecule has 1 saturated heterocycles. The topological polar surface area (TPSA) is 54.1 Å². The van der Waals surface area contributed by atoms with Crippen LogP contribution < -0.4 is 5.32 Å². The van der Waals surface area contributed by atoms with E-state index < -0.39 is 0 Å². The van der Waals surface area contributed by atoms with Crippen molar-refractivity contribution in [3.63, 3.8) is 0 Å². The van der Waals surface area contributed by atoms with E-state index in [0.717, 1.165) is 49.4 Å². The molecule has 0 saturated carbocycles. The fourth-order valence-electron chi connectivity index (χ4n) is 3.74. The Hall–Kier alpha value is -1.81. The molecule has 4 heteroatoms. The first-order valence-electron chi connectivity index (χ1n) is 8.97. The van der Waals surface area contributed by atoms with Crippen LogP contribution in [0.3, 0.4) is 0 Å². The first-order chi connectivity index (χ1) is 11.5. The summed E-state index contributed by atoms with van der Waals surface area (Å²) in [7, 11) is 0. The monoisotopic (exact) mass is 328 g/mol. The zero-order valence-corrected chi connectivity index (χ0v) is 15.0. The van der Waals surface area contributed by atoms with E-state index >= 15 is 0 Å². The maximum atomic E-state index is 12.4. The third-order valence-corrected chi connectivity index (χ3v) is 5.04. The van der Waals surface area contributed by atoms with Gasteiger partial charge < -0.3 is 15.0 Å². The van der Waals surface area contributed by atoms with Crippen molar-refractivity contribution in [3.05, 3.63) is 34.5 Å². The van der Waals surface area contributed by atoms with Crippen LogP contribution in [0.25, 0.3) is 10.9 Å². The Morgan fingerprint density at radius 3 is 2.92 bits per heavy atom. The van der Waals surface area contributed by atoms with E-state index in [4.69, 9.17) is 4.74 Å². The Balaban J connectivity index is 1.62. The van der Waals surface area contributed by atoms with Crippen LogP contribution in [-0.2, 0) is 16.0 Å². The van der Waals surface area contributed by atoms with Crippen LogP contribution in [0.15, 0.2) is 12.1 Å². The predicted molar refractivity (Wildman–Crippen MR) is 97.4 cm³/mol. The van der Waals surface area contributed by atoms with Crippen molar-refractivity contribution in [3.8, 4) is 0 Å². The highest BCUT2D eigenvalue weighted by Crippen LogP contribution is 2.26. The molecule has 24 heavy (non-hydrogen) atoms. The molecule has 2 aromatic rings. The van der Waals surface area contributed by atoms with Gasteiger partial charge >= 0.3 is 0 Å². The first-order valence-corrected chi connectivity index (χ1v) is 8.97. The molecular formula is C20H28N2O2. The van der Waals surface area contributed by atoms with Crippen molar-refractivity contribution in [2.75, 3.05) is 19.8 Å². The molecule has 1 amide bonds. The Kier molecular flexibility index (Phi) is 5.24. The van der Waals surface area contributed by atoms with Gasteiger partial charge in [-0.15, -0.1) is 0 Å². The zero-order valence-electron chi connectivity index (χ0n) is 15.0. The number of hydrogen-bond acceptors (Lipinski definition) is 2. The predicted octanol–water partition coefficient (Wildman–Crippen LogP) is 3.57. The van der Waals surface area contributed by atoms with Crippen molar-refractivity contribution < 1.29 is 9.53 Å². The van der Waals surface area contributed by atoms with Gasteiger partial charge in [0.1, 0.15) is 0 Å². The summed E-state index contributed by atoms with van der Waals surface area (Å²) in [6.07, 6.45) is 3.81. The fourth-order valence-corrected chi connectivity index (χ4v) is 3.74. The lowest BCUT2D eigenvalue weighted by molar-refractivity contribution is -0.120. The summed E-state index contributed by atoms with van der Waals surface area (Å²) >= 11 is 0. The number of amides is 1. The van der Waals surface area contributed by atoms with E-state index in [1.54, 1.807) is 0 Å². The van der Waals surface area contributed by atoms with Gasteiger partial charge in [-0.05, 0) is 63.1 Å². The van der Waals surface area contributed by atoms with Gasteiger partial charge in [-0.1, -0.05) is 11.6 Å². The van der Waals surface area contributed by atoms with Gasteiger partial charge in [0.2, 0.25) is 5.91 Å². The maximum Gasteiger partial charge on any atom is 0.224 e. The molecule has 1 fully saturated rings. The summed E-state index contributed by atoms with van der Waals surface area (Å²) in [4.78, 5) is 15.8. The lowest BCUT2D eigenvalue weighted by Crippen LogP contribution is -2.29. The van der Waals surface area contributed by atoms with Crippen LogP contribution in [0.4, 0.5) is 0 Å². The lowest BCUT2D eigenvalue weighted by Gasteiger charge is -2.21. The average Bonchev–Trinajstić information content (AvgIpc) is 2.85. The number of aromatic nitrogens is 1.